The molecule has 220 valence electrons. The van der Waals surface area contributed by atoms with E-state index in [0.717, 1.165) is 33.1 Å². The Balaban J connectivity index is 1.40. The molecular formula is C36H39IO5. The number of hydrogen-bond donors (Lipinski definition) is 0. The summed E-state index contributed by atoms with van der Waals surface area (Å²) in [6.45, 7) is 2.27. The van der Waals surface area contributed by atoms with Crippen molar-refractivity contribution in [2.24, 2.45) is 0 Å². The first kappa shape index (κ1) is 30.9. The van der Waals surface area contributed by atoms with Crippen molar-refractivity contribution in [1.82, 2.24) is 0 Å². The molecule has 1 aliphatic rings. The van der Waals surface area contributed by atoms with Gasteiger partial charge in [0, 0.05) is 4.43 Å². The lowest BCUT2D eigenvalue weighted by molar-refractivity contribution is -0.272. The van der Waals surface area contributed by atoms with Crippen LogP contribution in [0.15, 0.2) is 121 Å². The van der Waals surface area contributed by atoms with Crippen molar-refractivity contribution < 1.29 is 23.7 Å². The predicted molar refractivity (Wildman–Crippen MR) is 173 cm³/mol. The highest BCUT2D eigenvalue weighted by Gasteiger charge is 2.48. The molecule has 1 saturated heterocycles. The summed E-state index contributed by atoms with van der Waals surface area (Å²) in [6, 6.07) is 41.0. The Labute approximate surface area is 263 Å². The highest BCUT2D eigenvalue weighted by atomic mass is 127. The standard InChI is InChI=1S/C36H39IO5/c37-22-21-32-34(39-24-29-15-7-2-8-16-29)36(41-26-31-19-11-4-12-20-31)35(40-25-30-17-9-3-10-18-30)33(42-32)27-38-23-28-13-5-1-6-14-28/h1-20,32-36H,21-27H2/t32-,33+,34-,35+,36+/m0/s1. The lowest BCUT2D eigenvalue weighted by atomic mass is 9.92. The smallest absolute Gasteiger partial charge is 0.115 e. The van der Waals surface area contributed by atoms with Gasteiger partial charge in [0.25, 0.3) is 0 Å². The Hall–Kier alpha value is -2.59. The molecule has 5 atom stereocenters. The Morgan fingerprint density at radius 3 is 1.29 bits per heavy atom. The summed E-state index contributed by atoms with van der Waals surface area (Å²) in [5.74, 6) is 0. The Morgan fingerprint density at radius 2 is 0.857 bits per heavy atom. The van der Waals surface area contributed by atoms with Gasteiger partial charge in [0.2, 0.25) is 0 Å². The molecule has 42 heavy (non-hydrogen) atoms. The van der Waals surface area contributed by atoms with Crippen molar-refractivity contribution in [3.05, 3.63) is 144 Å². The van der Waals surface area contributed by atoms with Crippen LogP contribution in [0.5, 0.6) is 0 Å². The Bertz CT molecular complexity index is 1280. The molecule has 4 aromatic carbocycles. The van der Waals surface area contributed by atoms with Gasteiger partial charge in [-0.3, -0.25) is 0 Å². The number of alkyl halides is 1. The van der Waals surface area contributed by atoms with Crippen molar-refractivity contribution in [2.75, 3.05) is 11.0 Å². The molecular weight excluding hydrogens is 639 g/mol. The molecule has 6 heteroatoms. The molecule has 0 N–H and O–H groups in total. The molecule has 1 heterocycles. The molecule has 0 aliphatic carbocycles. The van der Waals surface area contributed by atoms with E-state index in [4.69, 9.17) is 23.7 Å². The summed E-state index contributed by atoms with van der Waals surface area (Å²) < 4.78 is 34.1. The van der Waals surface area contributed by atoms with E-state index in [0.29, 0.717) is 33.0 Å². The van der Waals surface area contributed by atoms with Gasteiger partial charge in [-0.25, -0.2) is 0 Å². The summed E-state index contributed by atoms with van der Waals surface area (Å²) in [4.78, 5) is 0. The Morgan fingerprint density at radius 1 is 0.476 bits per heavy atom. The van der Waals surface area contributed by atoms with Crippen molar-refractivity contribution in [2.45, 2.75) is 63.4 Å². The van der Waals surface area contributed by atoms with Crippen molar-refractivity contribution in [3.63, 3.8) is 0 Å². The van der Waals surface area contributed by atoms with Gasteiger partial charge in [0.05, 0.1) is 39.1 Å². The van der Waals surface area contributed by atoms with Crippen molar-refractivity contribution in [1.29, 1.82) is 0 Å². The van der Waals surface area contributed by atoms with Gasteiger partial charge in [-0.05, 0) is 28.7 Å². The quantitative estimate of drug-likeness (QED) is 0.0961. The van der Waals surface area contributed by atoms with Gasteiger partial charge < -0.3 is 23.7 Å². The summed E-state index contributed by atoms with van der Waals surface area (Å²) in [5.41, 5.74) is 4.44. The number of rotatable bonds is 15. The lowest BCUT2D eigenvalue weighted by Gasteiger charge is -2.46. The molecule has 1 fully saturated rings. The minimum atomic E-state index is -0.393. The van der Waals surface area contributed by atoms with Crippen LogP contribution in [0, 0.1) is 0 Å². The first-order chi connectivity index (χ1) is 20.8. The van der Waals surface area contributed by atoms with E-state index < -0.39 is 6.10 Å². The second-order valence-corrected chi connectivity index (χ2v) is 11.6. The molecule has 5 rings (SSSR count). The van der Waals surface area contributed by atoms with Gasteiger partial charge in [-0.15, -0.1) is 0 Å². The van der Waals surface area contributed by atoms with Crippen LogP contribution in [0.3, 0.4) is 0 Å². The Kier molecular flexibility index (Phi) is 12.4. The number of benzene rings is 4. The SMILES string of the molecule is ICC[C@@H]1O[C@H](COCc2ccccc2)[C@@H](OCc2ccccc2)[C@H](OCc2ccccc2)[C@H]1OCc1ccccc1. The van der Waals surface area contributed by atoms with E-state index in [1.165, 1.54) is 0 Å². The van der Waals surface area contributed by atoms with E-state index >= 15 is 0 Å². The number of hydrogen-bond acceptors (Lipinski definition) is 5. The van der Waals surface area contributed by atoms with Crippen LogP contribution in [0.25, 0.3) is 0 Å². The van der Waals surface area contributed by atoms with Gasteiger partial charge >= 0.3 is 0 Å². The summed E-state index contributed by atoms with van der Waals surface area (Å²) in [6.07, 6.45) is -0.697. The van der Waals surface area contributed by atoms with Crippen LogP contribution >= 0.6 is 22.6 Å². The van der Waals surface area contributed by atoms with Crippen LogP contribution in [-0.2, 0) is 50.1 Å². The highest BCUT2D eigenvalue weighted by Crippen LogP contribution is 2.32. The fourth-order valence-corrected chi connectivity index (χ4v) is 5.84. The van der Waals surface area contributed by atoms with Gasteiger partial charge in [-0.1, -0.05) is 144 Å². The lowest BCUT2D eigenvalue weighted by Crippen LogP contribution is -2.61. The van der Waals surface area contributed by atoms with Crippen LogP contribution in [0.4, 0.5) is 0 Å². The third-order valence-electron chi connectivity index (χ3n) is 7.37. The molecule has 0 spiro atoms. The maximum atomic E-state index is 6.79. The van der Waals surface area contributed by atoms with Gasteiger partial charge in [-0.2, -0.15) is 0 Å². The molecule has 0 amide bonds. The molecule has 5 nitrogen and oxygen atoms in total. The van der Waals surface area contributed by atoms with Crippen LogP contribution in [-0.4, -0.2) is 41.6 Å². The van der Waals surface area contributed by atoms with Gasteiger partial charge in [0.1, 0.15) is 24.4 Å². The minimum absolute atomic E-state index is 0.159. The first-order valence-corrected chi connectivity index (χ1v) is 16.1. The first-order valence-electron chi connectivity index (χ1n) is 14.6. The summed E-state index contributed by atoms with van der Waals surface area (Å²) in [5, 5.41) is 0. The van der Waals surface area contributed by atoms with Crippen LogP contribution in [0.1, 0.15) is 28.7 Å². The van der Waals surface area contributed by atoms with Crippen LogP contribution in [0.2, 0.25) is 0 Å². The fraction of sp³-hybridized carbons (Fsp3) is 0.333. The molecule has 0 radical (unpaired) electrons. The van der Waals surface area contributed by atoms with Gasteiger partial charge in [0.15, 0.2) is 0 Å². The molecule has 4 aromatic rings. The topological polar surface area (TPSA) is 46.2 Å². The molecule has 0 saturated carbocycles. The zero-order valence-corrected chi connectivity index (χ0v) is 26.0. The van der Waals surface area contributed by atoms with Crippen LogP contribution < -0.4 is 0 Å². The molecule has 1 aliphatic heterocycles. The van der Waals surface area contributed by atoms with Crippen molar-refractivity contribution >= 4 is 22.6 Å². The molecule has 0 bridgehead atoms. The maximum Gasteiger partial charge on any atom is 0.115 e. The van der Waals surface area contributed by atoms with E-state index in [-0.39, 0.29) is 24.4 Å². The van der Waals surface area contributed by atoms with Crippen molar-refractivity contribution in [3.8, 4) is 0 Å². The number of halogens is 1. The zero-order chi connectivity index (χ0) is 28.8. The normalized spacial score (nSPS) is 22.2. The van der Waals surface area contributed by atoms with E-state index in [2.05, 4.69) is 71.1 Å². The predicted octanol–water partition coefficient (Wildman–Crippen LogP) is 7.55. The fourth-order valence-electron chi connectivity index (χ4n) is 5.22. The average Bonchev–Trinajstić information content (AvgIpc) is 3.05. The third kappa shape index (κ3) is 9.20. The second-order valence-electron chi connectivity index (χ2n) is 10.5. The second kappa shape index (κ2) is 16.9. The largest absolute Gasteiger partial charge is 0.374 e. The zero-order valence-electron chi connectivity index (χ0n) is 23.8. The molecule has 0 aromatic heterocycles. The summed E-state index contributed by atoms with van der Waals surface area (Å²) in [7, 11) is 0. The average molecular weight is 679 g/mol. The molecule has 0 unspecified atom stereocenters. The number of ether oxygens (including phenoxy) is 5. The highest BCUT2D eigenvalue weighted by molar-refractivity contribution is 14.1. The minimum Gasteiger partial charge on any atom is -0.374 e. The van der Waals surface area contributed by atoms with E-state index in [1.54, 1.807) is 0 Å². The third-order valence-corrected chi connectivity index (χ3v) is 8.00. The maximum absolute atomic E-state index is 6.79. The van der Waals surface area contributed by atoms with E-state index in [1.807, 2.05) is 72.8 Å². The monoisotopic (exact) mass is 678 g/mol. The van der Waals surface area contributed by atoms with E-state index in [9.17, 15) is 0 Å². The summed E-state index contributed by atoms with van der Waals surface area (Å²) >= 11 is 2.41.